The van der Waals surface area contributed by atoms with Crippen LogP contribution in [0.15, 0.2) is 65.6 Å². The highest BCUT2D eigenvalue weighted by Gasteiger charge is 2.36. The van der Waals surface area contributed by atoms with Crippen molar-refractivity contribution in [2.75, 3.05) is 10.8 Å². The minimum absolute atomic E-state index is 0.0363. The number of anilines is 1. The number of hydrogen-bond donors (Lipinski definition) is 1. The third-order valence-electron chi connectivity index (χ3n) is 5.94. The summed E-state index contributed by atoms with van der Waals surface area (Å²) < 4.78 is 78.4. The molecule has 1 heterocycles. The Hall–Kier alpha value is -3.73. The molecule has 0 bridgehead atoms. The Labute approximate surface area is 212 Å². The number of halogens is 3. The molecule has 0 saturated carbocycles. The van der Waals surface area contributed by atoms with Gasteiger partial charge in [0.2, 0.25) is 0 Å². The molecule has 2 atom stereocenters. The van der Waals surface area contributed by atoms with Gasteiger partial charge in [0.25, 0.3) is 10.0 Å². The summed E-state index contributed by atoms with van der Waals surface area (Å²) in [5, 5.41) is 9.33. The van der Waals surface area contributed by atoms with Crippen LogP contribution in [0.25, 0.3) is 11.1 Å². The van der Waals surface area contributed by atoms with Crippen molar-refractivity contribution in [3.63, 3.8) is 0 Å². The molecule has 7 nitrogen and oxygen atoms in total. The summed E-state index contributed by atoms with van der Waals surface area (Å²) in [6.07, 6.45) is -0.682. The number of fused-ring (bicyclic) bond motifs is 1. The number of ether oxygens (including phenoxy) is 2. The number of sulfonamides is 1. The fourth-order valence-electron chi connectivity index (χ4n) is 4.14. The van der Waals surface area contributed by atoms with E-state index in [9.17, 15) is 31.5 Å². The summed E-state index contributed by atoms with van der Waals surface area (Å²) in [6.45, 7) is -0.0447. The molecule has 4 rings (SSSR count). The van der Waals surface area contributed by atoms with Crippen molar-refractivity contribution < 1.29 is 41.0 Å². The van der Waals surface area contributed by atoms with E-state index in [0.717, 1.165) is 22.0 Å². The number of carboxylic acid groups (broad SMARTS) is 1. The minimum atomic E-state index is -4.11. The summed E-state index contributed by atoms with van der Waals surface area (Å²) in [5.41, 5.74) is 1.40. The number of hydrogen-bond acceptors (Lipinski definition) is 5. The summed E-state index contributed by atoms with van der Waals surface area (Å²) >= 11 is 0. The van der Waals surface area contributed by atoms with Crippen LogP contribution in [0.3, 0.4) is 0 Å². The Morgan fingerprint density at radius 1 is 1.14 bits per heavy atom. The van der Waals surface area contributed by atoms with Crippen molar-refractivity contribution in [2.24, 2.45) is 5.92 Å². The van der Waals surface area contributed by atoms with Crippen LogP contribution in [0.2, 0.25) is 0 Å². The number of benzene rings is 3. The van der Waals surface area contributed by atoms with Crippen LogP contribution >= 0.6 is 0 Å². The summed E-state index contributed by atoms with van der Waals surface area (Å²) in [6, 6.07) is 14.0. The van der Waals surface area contributed by atoms with Gasteiger partial charge in [0, 0.05) is 6.07 Å². The second kappa shape index (κ2) is 10.3. The molecule has 0 amide bonds. The minimum Gasteiger partial charge on any atom is -0.486 e. The number of alkyl halides is 2. The molecule has 0 aromatic heterocycles. The van der Waals surface area contributed by atoms with Crippen molar-refractivity contribution in [3.05, 3.63) is 72.0 Å². The largest absolute Gasteiger partial charge is 0.486 e. The zero-order chi connectivity index (χ0) is 26.9. The fraction of sp³-hybridized carbons (Fsp3) is 0.269. The maximum atomic E-state index is 14.2. The quantitative estimate of drug-likeness (QED) is 0.411. The maximum absolute atomic E-state index is 14.2. The van der Waals surface area contributed by atoms with Crippen LogP contribution < -0.4 is 13.8 Å². The summed E-state index contributed by atoms with van der Waals surface area (Å²) in [5.74, 6) is -2.82. The van der Waals surface area contributed by atoms with Gasteiger partial charge in [-0.1, -0.05) is 25.1 Å². The Bertz CT molecular complexity index is 1430. The van der Waals surface area contributed by atoms with E-state index in [1.54, 1.807) is 19.1 Å². The lowest BCUT2D eigenvalue weighted by Gasteiger charge is -2.36. The van der Waals surface area contributed by atoms with Crippen LogP contribution in [-0.4, -0.2) is 38.8 Å². The molecule has 0 fully saturated rings. The first-order valence-corrected chi connectivity index (χ1v) is 12.8. The van der Waals surface area contributed by atoms with Gasteiger partial charge in [-0.3, -0.25) is 9.10 Å². The van der Waals surface area contributed by atoms with Gasteiger partial charge in [-0.2, -0.15) is 8.78 Å². The molecule has 37 heavy (non-hydrogen) atoms. The molecule has 1 aliphatic heterocycles. The van der Waals surface area contributed by atoms with Crippen LogP contribution in [-0.2, 0) is 14.8 Å². The number of aryl methyl sites for hydroxylation is 1. The standard InChI is InChI=1S/C26H24F3NO6S/c1-15-4-3-5-22(8-15)37(33,34)30-14-21(9-16(2)25(31)32)35-24-7-6-17(12-23(24)30)18-10-19(27)13-20(11-18)36-26(28)29/h3-8,10-13,16,21,26H,9,14H2,1-2H3,(H,31,32)/t16-,21+/m1/s1. The first-order valence-electron chi connectivity index (χ1n) is 11.3. The Morgan fingerprint density at radius 3 is 2.57 bits per heavy atom. The van der Waals surface area contributed by atoms with E-state index in [-0.39, 0.29) is 40.6 Å². The third kappa shape index (κ3) is 5.82. The average molecular weight is 536 g/mol. The Morgan fingerprint density at radius 2 is 1.89 bits per heavy atom. The number of carboxylic acids is 1. The summed E-state index contributed by atoms with van der Waals surface area (Å²) in [4.78, 5) is 11.4. The highest BCUT2D eigenvalue weighted by Crippen LogP contribution is 2.41. The Balaban J connectivity index is 1.81. The first kappa shape index (κ1) is 26.3. The van der Waals surface area contributed by atoms with Crippen molar-refractivity contribution in [1.82, 2.24) is 0 Å². The van der Waals surface area contributed by atoms with E-state index >= 15 is 0 Å². The lowest BCUT2D eigenvalue weighted by Crippen LogP contribution is -2.44. The topological polar surface area (TPSA) is 93.1 Å². The third-order valence-corrected chi connectivity index (χ3v) is 7.71. The van der Waals surface area contributed by atoms with Crippen LogP contribution in [0.4, 0.5) is 18.9 Å². The zero-order valence-corrected chi connectivity index (χ0v) is 20.7. The van der Waals surface area contributed by atoms with E-state index in [1.807, 2.05) is 0 Å². The zero-order valence-electron chi connectivity index (χ0n) is 19.9. The lowest BCUT2D eigenvalue weighted by molar-refractivity contribution is -0.142. The normalized spacial score (nSPS) is 16.2. The highest BCUT2D eigenvalue weighted by molar-refractivity contribution is 7.92. The van der Waals surface area contributed by atoms with E-state index in [2.05, 4.69) is 4.74 Å². The number of nitrogens with zero attached hydrogens (tertiary/aromatic N) is 1. The van der Waals surface area contributed by atoms with Crippen molar-refractivity contribution in [2.45, 2.75) is 37.9 Å². The van der Waals surface area contributed by atoms with Gasteiger partial charge in [0.15, 0.2) is 0 Å². The van der Waals surface area contributed by atoms with Gasteiger partial charge >= 0.3 is 12.6 Å². The predicted octanol–water partition coefficient (Wildman–Crippen LogP) is 5.47. The molecule has 196 valence electrons. The fourth-order valence-corrected chi connectivity index (χ4v) is 5.74. The highest BCUT2D eigenvalue weighted by atomic mass is 32.2. The van der Waals surface area contributed by atoms with Gasteiger partial charge in [-0.05, 0) is 66.4 Å². The number of aliphatic carboxylic acids is 1. The van der Waals surface area contributed by atoms with Crippen molar-refractivity contribution in [1.29, 1.82) is 0 Å². The van der Waals surface area contributed by atoms with Crippen LogP contribution in [0.1, 0.15) is 18.9 Å². The second-order valence-electron chi connectivity index (χ2n) is 8.80. The smallest absolute Gasteiger partial charge is 0.387 e. The van der Waals surface area contributed by atoms with Crippen molar-refractivity contribution in [3.8, 4) is 22.6 Å². The Kier molecular flexibility index (Phi) is 7.35. The van der Waals surface area contributed by atoms with Gasteiger partial charge in [0.05, 0.1) is 23.0 Å². The molecule has 1 aliphatic rings. The predicted molar refractivity (Wildman–Crippen MR) is 130 cm³/mol. The number of rotatable bonds is 8. The van der Waals surface area contributed by atoms with Crippen molar-refractivity contribution >= 4 is 21.7 Å². The van der Waals surface area contributed by atoms with E-state index < -0.39 is 40.4 Å². The molecular formula is C26H24F3NO6S. The molecule has 1 N–H and O–H groups in total. The van der Waals surface area contributed by atoms with E-state index in [0.29, 0.717) is 5.56 Å². The molecule has 0 aliphatic carbocycles. The van der Waals surface area contributed by atoms with E-state index in [1.165, 1.54) is 43.3 Å². The number of carbonyl (C=O) groups is 1. The van der Waals surface area contributed by atoms with Gasteiger partial charge < -0.3 is 14.6 Å². The van der Waals surface area contributed by atoms with Gasteiger partial charge in [0.1, 0.15) is 23.4 Å². The second-order valence-corrected chi connectivity index (χ2v) is 10.7. The SMILES string of the molecule is Cc1cccc(S(=O)(=O)N2C[C@H](C[C@@H](C)C(=O)O)Oc3ccc(-c4cc(F)cc(OC(F)F)c4)cc32)c1. The van der Waals surface area contributed by atoms with Gasteiger partial charge in [-0.15, -0.1) is 0 Å². The van der Waals surface area contributed by atoms with E-state index in [4.69, 9.17) is 4.74 Å². The molecule has 3 aromatic carbocycles. The first-order chi connectivity index (χ1) is 17.4. The van der Waals surface area contributed by atoms with Crippen LogP contribution in [0, 0.1) is 18.7 Å². The lowest BCUT2D eigenvalue weighted by atomic mass is 10.0. The molecule has 0 saturated heterocycles. The van der Waals surface area contributed by atoms with Crippen LogP contribution in [0.5, 0.6) is 11.5 Å². The molecule has 0 radical (unpaired) electrons. The molecule has 0 spiro atoms. The molecule has 11 heteroatoms. The molecule has 0 unspecified atom stereocenters. The molecular weight excluding hydrogens is 511 g/mol. The average Bonchev–Trinajstić information content (AvgIpc) is 2.82. The monoisotopic (exact) mass is 535 g/mol. The van der Waals surface area contributed by atoms with Gasteiger partial charge in [-0.25, -0.2) is 12.8 Å². The molecule has 3 aromatic rings. The maximum Gasteiger partial charge on any atom is 0.387 e. The summed E-state index contributed by atoms with van der Waals surface area (Å²) in [7, 11) is -4.11.